The van der Waals surface area contributed by atoms with Gasteiger partial charge >= 0.3 is 0 Å². The van der Waals surface area contributed by atoms with Gasteiger partial charge in [-0.25, -0.2) is 13.4 Å². The van der Waals surface area contributed by atoms with Crippen molar-refractivity contribution in [2.45, 2.75) is 24.8 Å². The Morgan fingerprint density at radius 3 is 2.24 bits per heavy atom. The summed E-state index contributed by atoms with van der Waals surface area (Å²) in [4.78, 5) is 4.72. The highest BCUT2D eigenvalue weighted by Gasteiger charge is 2.38. The highest BCUT2D eigenvalue weighted by Crippen LogP contribution is 2.38. The highest BCUT2D eigenvalue weighted by molar-refractivity contribution is 7.89. The van der Waals surface area contributed by atoms with Crippen LogP contribution in [0, 0.1) is 13.8 Å². The number of fused-ring (bicyclic) bond motifs is 1. The van der Waals surface area contributed by atoms with Gasteiger partial charge in [0.2, 0.25) is 0 Å². The average molecular weight is 476 g/mol. The Kier molecular flexibility index (Phi) is 5.44. The first-order valence-corrected chi connectivity index (χ1v) is 12.4. The molecule has 0 saturated heterocycles. The number of hydrogen-bond donors (Lipinski definition) is 1. The molecule has 1 aliphatic heterocycles. The Morgan fingerprint density at radius 1 is 0.909 bits per heavy atom. The van der Waals surface area contributed by atoms with Gasteiger partial charge in [-0.15, -0.1) is 4.41 Å². The van der Waals surface area contributed by atoms with E-state index in [1.54, 1.807) is 24.3 Å². The number of para-hydroxylation sites is 1. The third-order valence-corrected chi connectivity index (χ3v) is 7.78. The van der Waals surface area contributed by atoms with Crippen LogP contribution < -0.4 is 5.43 Å². The first-order chi connectivity index (χ1) is 15.8. The summed E-state index contributed by atoms with van der Waals surface area (Å²) in [6.07, 6.45) is 1.88. The van der Waals surface area contributed by atoms with Crippen molar-refractivity contribution in [3.8, 4) is 0 Å². The quantitative estimate of drug-likeness (QED) is 0.379. The van der Waals surface area contributed by atoms with Gasteiger partial charge in [0.25, 0.3) is 10.0 Å². The van der Waals surface area contributed by atoms with Gasteiger partial charge in [0.15, 0.2) is 0 Å². The number of nitrogens with zero attached hydrogens (tertiary/aromatic N) is 2. The van der Waals surface area contributed by atoms with E-state index in [0.29, 0.717) is 11.3 Å². The number of nitrogens with one attached hydrogen (secondary N) is 1. The summed E-state index contributed by atoms with van der Waals surface area (Å²) in [6.45, 7) is 3.93. The predicted octanol–water partition coefficient (Wildman–Crippen LogP) is 5.80. The van der Waals surface area contributed by atoms with Crippen molar-refractivity contribution in [2.75, 3.05) is 0 Å². The summed E-state index contributed by atoms with van der Waals surface area (Å²) in [6, 6.07) is 23.6. The predicted molar refractivity (Wildman–Crippen MR) is 132 cm³/mol. The van der Waals surface area contributed by atoms with Crippen LogP contribution in [0.3, 0.4) is 0 Å². The maximum atomic E-state index is 13.7. The molecule has 0 spiro atoms. The van der Waals surface area contributed by atoms with Crippen LogP contribution in [-0.2, 0) is 10.0 Å². The highest BCUT2D eigenvalue weighted by atomic mass is 35.5. The zero-order chi connectivity index (χ0) is 23.2. The second-order valence-corrected chi connectivity index (χ2v) is 10.4. The third kappa shape index (κ3) is 4.02. The van der Waals surface area contributed by atoms with Crippen LogP contribution in [-0.4, -0.2) is 17.8 Å². The largest absolute Gasteiger partial charge is 0.304 e. The number of hydrazine groups is 1. The lowest BCUT2D eigenvalue weighted by Gasteiger charge is -2.25. The lowest BCUT2D eigenvalue weighted by molar-refractivity contribution is 0.348. The van der Waals surface area contributed by atoms with Crippen LogP contribution in [0.2, 0.25) is 5.15 Å². The van der Waals surface area contributed by atoms with E-state index < -0.39 is 16.1 Å². The van der Waals surface area contributed by atoms with E-state index in [1.165, 1.54) is 4.41 Å². The molecule has 4 aromatic rings. The molecule has 166 valence electrons. The lowest BCUT2D eigenvalue weighted by atomic mass is 10.0. The molecule has 3 aromatic carbocycles. The first-order valence-electron chi connectivity index (χ1n) is 10.5. The van der Waals surface area contributed by atoms with Crippen LogP contribution in [0.5, 0.6) is 0 Å². The molecule has 0 radical (unpaired) electrons. The van der Waals surface area contributed by atoms with Crippen molar-refractivity contribution >= 4 is 38.2 Å². The Balaban J connectivity index is 1.65. The second kappa shape index (κ2) is 8.30. The summed E-state index contributed by atoms with van der Waals surface area (Å²) in [5.74, 6) is 0. The summed E-state index contributed by atoms with van der Waals surface area (Å²) < 4.78 is 28.7. The molecule has 7 heteroatoms. The van der Waals surface area contributed by atoms with Gasteiger partial charge in [0, 0.05) is 10.9 Å². The molecule has 0 bridgehead atoms. The molecule has 1 aliphatic rings. The maximum absolute atomic E-state index is 13.7. The zero-order valence-electron chi connectivity index (χ0n) is 18.2. The summed E-state index contributed by atoms with van der Waals surface area (Å²) in [7, 11) is -3.89. The van der Waals surface area contributed by atoms with Crippen LogP contribution in [0.15, 0.2) is 89.8 Å². The summed E-state index contributed by atoms with van der Waals surface area (Å²) in [5.41, 5.74) is 8.18. The molecule has 0 amide bonds. The van der Waals surface area contributed by atoms with Gasteiger partial charge in [-0.1, -0.05) is 77.3 Å². The Labute approximate surface area is 198 Å². The molecular formula is C26H22ClN3O2S. The van der Waals surface area contributed by atoms with E-state index in [0.717, 1.165) is 27.6 Å². The SMILES string of the molecule is Cc1ccc(C2=C[C@@H](c3cc4ccccc4nc3Cl)N(S(=O)(=O)c3ccc(C)cc3)N2)cc1. The molecule has 5 rings (SSSR count). The van der Waals surface area contributed by atoms with E-state index in [2.05, 4.69) is 10.4 Å². The third-order valence-electron chi connectivity index (χ3n) is 5.77. The smallest absolute Gasteiger partial charge is 0.260 e. The van der Waals surface area contributed by atoms with Gasteiger partial charge in [-0.2, -0.15) is 0 Å². The molecule has 0 unspecified atom stereocenters. The van der Waals surface area contributed by atoms with Crippen molar-refractivity contribution in [2.24, 2.45) is 0 Å². The number of rotatable bonds is 4. The molecule has 33 heavy (non-hydrogen) atoms. The molecule has 0 saturated carbocycles. The van der Waals surface area contributed by atoms with Gasteiger partial charge in [0.05, 0.1) is 22.2 Å². The van der Waals surface area contributed by atoms with Gasteiger partial charge in [-0.05, 0) is 49.8 Å². The molecule has 0 aliphatic carbocycles. The number of aromatic nitrogens is 1. The molecule has 1 atom stereocenters. The number of hydrogen-bond acceptors (Lipinski definition) is 4. The van der Waals surface area contributed by atoms with Crippen LogP contribution in [0.25, 0.3) is 16.6 Å². The Morgan fingerprint density at radius 2 is 1.55 bits per heavy atom. The van der Waals surface area contributed by atoms with Gasteiger partial charge in [0.1, 0.15) is 5.15 Å². The van der Waals surface area contributed by atoms with Gasteiger partial charge < -0.3 is 5.43 Å². The van der Waals surface area contributed by atoms with Gasteiger partial charge in [-0.3, -0.25) is 0 Å². The van der Waals surface area contributed by atoms with Crippen molar-refractivity contribution in [1.29, 1.82) is 0 Å². The van der Waals surface area contributed by atoms with E-state index in [1.807, 2.05) is 74.5 Å². The fourth-order valence-corrected chi connectivity index (χ4v) is 5.57. The fourth-order valence-electron chi connectivity index (χ4n) is 3.91. The standard InChI is InChI=1S/C26H22ClN3O2S/c1-17-7-11-19(12-8-17)24-16-25(22-15-20-5-3-4-6-23(20)28-26(22)27)30(29-24)33(31,32)21-13-9-18(2)10-14-21/h3-16,25,29H,1-2H3/t25-/m0/s1. The average Bonchev–Trinajstić information content (AvgIpc) is 3.25. The van der Waals surface area contributed by atoms with Crippen molar-refractivity contribution in [3.63, 3.8) is 0 Å². The lowest BCUT2D eigenvalue weighted by Crippen LogP contribution is -2.39. The van der Waals surface area contributed by atoms with Crippen molar-refractivity contribution in [3.05, 3.63) is 112 Å². The van der Waals surface area contributed by atoms with Crippen molar-refractivity contribution < 1.29 is 8.42 Å². The Bertz CT molecular complexity index is 1480. The monoisotopic (exact) mass is 475 g/mol. The number of benzene rings is 3. The minimum absolute atomic E-state index is 0.203. The minimum atomic E-state index is -3.89. The molecule has 5 nitrogen and oxygen atoms in total. The topological polar surface area (TPSA) is 62.3 Å². The summed E-state index contributed by atoms with van der Waals surface area (Å²) in [5, 5.41) is 1.16. The van der Waals surface area contributed by atoms with Crippen LogP contribution >= 0.6 is 11.6 Å². The molecular weight excluding hydrogens is 454 g/mol. The van der Waals surface area contributed by atoms with E-state index in [9.17, 15) is 8.42 Å². The maximum Gasteiger partial charge on any atom is 0.260 e. The molecule has 1 aromatic heterocycles. The Hall–Kier alpha value is -3.19. The fraction of sp³-hybridized carbons (Fsp3) is 0.115. The van der Waals surface area contributed by atoms with E-state index >= 15 is 0 Å². The number of halogens is 1. The number of pyridine rings is 1. The van der Waals surface area contributed by atoms with Crippen molar-refractivity contribution in [1.82, 2.24) is 14.8 Å². The van der Waals surface area contributed by atoms with E-state index in [-0.39, 0.29) is 10.0 Å². The second-order valence-electron chi connectivity index (χ2n) is 8.18. The number of sulfonamides is 1. The molecule has 1 N–H and O–H groups in total. The normalized spacial score (nSPS) is 16.6. The number of aryl methyl sites for hydroxylation is 2. The summed E-state index contributed by atoms with van der Waals surface area (Å²) >= 11 is 6.59. The zero-order valence-corrected chi connectivity index (χ0v) is 19.7. The van der Waals surface area contributed by atoms with E-state index in [4.69, 9.17) is 11.6 Å². The minimum Gasteiger partial charge on any atom is -0.304 e. The van der Waals surface area contributed by atoms with Crippen LogP contribution in [0.1, 0.15) is 28.3 Å². The molecule has 2 heterocycles. The molecule has 0 fully saturated rings. The van der Waals surface area contributed by atoms with Crippen LogP contribution in [0.4, 0.5) is 0 Å². The first kappa shape index (κ1) is 21.6.